The molecule has 11 nitrogen and oxygen atoms in total. The number of anilines is 2. The van der Waals surface area contributed by atoms with Crippen LogP contribution in [0.25, 0.3) is 0 Å². The summed E-state index contributed by atoms with van der Waals surface area (Å²) in [5.41, 5.74) is 7.05. The number of hydrogen-bond acceptors (Lipinski definition) is 10. The molecule has 1 fully saturated rings. The fraction of sp³-hybridized carbons (Fsp3) is 0.348. The minimum absolute atomic E-state index is 0.0131. The molecule has 0 aliphatic carbocycles. The van der Waals surface area contributed by atoms with Crippen LogP contribution in [-0.2, 0) is 9.59 Å². The fourth-order valence-corrected chi connectivity index (χ4v) is 4.72. The second-order valence-corrected chi connectivity index (χ2v) is 8.53. The molecule has 2 amide bonds. The van der Waals surface area contributed by atoms with Crippen molar-refractivity contribution in [2.45, 2.75) is 6.17 Å². The molecule has 186 valence electrons. The second kappa shape index (κ2) is 10.8. The molecule has 3 N–H and O–H groups in total. The zero-order valence-electron chi connectivity index (χ0n) is 19.8. The molecule has 2 aromatic carbocycles. The van der Waals surface area contributed by atoms with Crippen molar-refractivity contribution in [2.75, 3.05) is 51.0 Å². The van der Waals surface area contributed by atoms with Gasteiger partial charge in [-0.15, -0.1) is 0 Å². The van der Waals surface area contributed by atoms with E-state index in [1.807, 2.05) is 12.1 Å². The van der Waals surface area contributed by atoms with E-state index in [1.54, 1.807) is 31.4 Å². The summed E-state index contributed by atoms with van der Waals surface area (Å²) < 4.78 is 21.5. The van der Waals surface area contributed by atoms with Gasteiger partial charge in [0.1, 0.15) is 11.9 Å². The number of carbonyl (C=O) groups is 2. The van der Waals surface area contributed by atoms with E-state index in [9.17, 15) is 9.59 Å². The number of fused-ring (bicyclic) bond motifs is 1. The number of amidine groups is 1. The van der Waals surface area contributed by atoms with Crippen molar-refractivity contribution in [3.8, 4) is 23.0 Å². The summed E-state index contributed by atoms with van der Waals surface area (Å²) in [5.74, 6) is 1.04. The molecule has 0 radical (unpaired) electrons. The summed E-state index contributed by atoms with van der Waals surface area (Å²) in [5, 5.41) is 3.23. The first-order valence-electron chi connectivity index (χ1n) is 10.8. The normalized spacial score (nSPS) is 19.0. The number of aliphatic imine (C=N–C) groups is 1. The number of rotatable bonds is 8. The Hall–Kier alpha value is -3.48. The van der Waals surface area contributed by atoms with Crippen molar-refractivity contribution in [2.24, 2.45) is 10.9 Å². The molecule has 35 heavy (non-hydrogen) atoms. The molecule has 2 aliphatic heterocycles. The first-order valence-corrected chi connectivity index (χ1v) is 11.7. The largest absolute Gasteiger partial charge is 0.495 e. The van der Waals surface area contributed by atoms with E-state index in [2.05, 4.69) is 16.2 Å². The van der Waals surface area contributed by atoms with Gasteiger partial charge in [-0.25, -0.2) is 10.4 Å². The highest BCUT2D eigenvalue weighted by Crippen LogP contribution is 2.40. The third kappa shape index (κ3) is 4.99. The van der Waals surface area contributed by atoms with Gasteiger partial charge < -0.3 is 24.3 Å². The van der Waals surface area contributed by atoms with Gasteiger partial charge in [-0.2, -0.15) is 0 Å². The molecule has 0 spiro atoms. The Labute approximate surface area is 207 Å². The van der Waals surface area contributed by atoms with Crippen LogP contribution >= 0.6 is 11.8 Å². The average molecular weight is 502 g/mol. The second-order valence-electron chi connectivity index (χ2n) is 7.58. The number of ether oxygens (including phenoxy) is 4. The predicted molar refractivity (Wildman–Crippen MR) is 134 cm³/mol. The summed E-state index contributed by atoms with van der Waals surface area (Å²) >= 11 is 1.16. The lowest BCUT2D eigenvalue weighted by Gasteiger charge is -2.33. The first-order chi connectivity index (χ1) is 17.0. The number of amides is 2. The SMILES string of the molecule is COc1ccccc1N1C(=O)C2CNNC2N=C1SCC(=O)Nc1cc(OC)c(OC)c(OC)c1. The lowest BCUT2D eigenvalue weighted by atomic mass is 10.0. The van der Waals surface area contributed by atoms with E-state index in [0.717, 1.165) is 11.8 Å². The summed E-state index contributed by atoms with van der Waals surface area (Å²) in [6.07, 6.45) is -0.408. The molecule has 0 aromatic heterocycles. The Morgan fingerprint density at radius 2 is 1.77 bits per heavy atom. The number of hydrazine groups is 1. The number of hydrogen-bond donors (Lipinski definition) is 3. The molecule has 0 bridgehead atoms. The zero-order valence-corrected chi connectivity index (χ0v) is 20.6. The van der Waals surface area contributed by atoms with Crippen LogP contribution in [0, 0.1) is 5.92 Å². The van der Waals surface area contributed by atoms with Gasteiger partial charge in [-0.3, -0.25) is 19.9 Å². The van der Waals surface area contributed by atoms with E-state index >= 15 is 0 Å². The van der Waals surface area contributed by atoms with Gasteiger partial charge in [-0.1, -0.05) is 23.9 Å². The van der Waals surface area contributed by atoms with Crippen molar-refractivity contribution >= 4 is 40.1 Å². The Bertz CT molecular complexity index is 1120. The molecular weight excluding hydrogens is 474 g/mol. The van der Waals surface area contributed by atoms with Crippen molar-refractivity contribution < 1.29 is 28.5 Å². The van der Waals surface area contributed by atoms with Gasteiger partial charge in [0.2, 0.25) is 17.6 Å². The third-order valence-corrected chi connectivity index (χ3v) is 6.49. The monoisotopic (exact) mass is 501 g/mol. The molecule has 2 heterocycles. The molecule has 2 atom stereocenters. The lowest BCUT2D eigenvalue weighted by molar-refractivity contribution is -0.121. The quantitative estimate of drug-likeness (QED) is 0.497. The molecule has 0 saturated carbocycles. The number of carbonyl (C=O) groups excluding carboxylic acids is 2. The maximum absolute atomic E-state index is 13.4. The molecule has 2 unspecified atom stereocenters. The topological polar surface area (TPSA) is 123 Å². The fourth-order valence-electron chi connectivity index (χ4n) is 3.89. The molecule has 1 saturated heterocycles. The summed E-state index contributed by atoms with van der Waals surface area (Å²) in [4.78, 5) is 32.4. The average Bonchev–Trinajstić information content (AvgIpc) is 3.36. The smallest absolute Gasteiger partial charge is 0.241 e. The highest BCUT2D eigenvalue weighted by Gasteiger charge is 2.43. The van der Waals surface area contributed by atoms with Crippen molar-refractivity contribution in [1.82, 2.24) is 10.9 Å². The van der Waals surface area contributed by atoms with Crippen molar-refractivity contribution in [3.63, 3.8) is 0 Å². The van der Waals surface area contributed by atoms with E-state index in [-0.39, 0.29) is 23.5 Å². The summed E-state index contributed by atoms with van der Waals surface area (Å²) in [6.45, 7) is 0.457. The minimum atomic E-state index is -0.408. The highest BCUT2D eigenvalue weighted by molar-refractivity contribution is 8.14. The molecular formula is C23H27N5O6S. The molecule has 4 rings (SSSR count). The van der Waals surface area contributed by atoms with E-state index in [4.69, 9.17) is 23.9 Å². The Balaban J connectivity index is 1.54. The van der Waals surface area contributed by atoms with Crippen LogP contribution in [0.3, 0.4) is 0 Å². The van der Waals surface area contributed by atoms with Crippen molar-refractivity contribution in [3.05, 3.63) is 36.4 Å². The number of nitrogens with one attached hydrogen (secondary N) is 3. The van der Waals surface area contributed by atoms with Crippen LogP contribution < -0.4 is 40.0 Å². The number of benzene rings is 2. The van der Waals surface area contributed by atoms with Crippen LogP contribution in [0.5, 0.6) is 23.0 Å². The van der Waals surface area contributed by atoms with Gasteiger partial charge in [0.05, 0.1) is 45.8 Å². The van der Waals surface area contributed by atoms with E-state index in [0.29, 0.717) is 46.1 Å². The zero-order chi connectivity index (χ0) is 24.9. The molecule has 2 aliphatic rings. The Morgan fingerprint density at radius 3 is 2.43 bits per heavy atom. The predicted octanol–water partition coefficient (Wildman–Crippen LogP) is 1.85. The van der Waals surface area contributed by atoms with Crippen molar-refractivity contribution in [1.29, 1.82) is 0 Å². The lowest BCUT2D eigenvalue weighted by Crippen LogP contribution is -2.49. The van der Waals surface area contributed by atoms with Gasteiger partial charge in [-0.05, 0) is 12.1 Å². The van der Waals surface area contributed by atoms with Gasteiger partial charge in [0, 0.05) is 24.4 Å². The summed E-state index contributed by atoms with van der Waals surface area (Å²) in [6, 6.07) is 10.5. The van der Waals surface area contributed by atoms with Gasteiger partial charge >= 0.3 is 0 Å². The standard InChI is InChI=1S/C23H27N5O6S/c1-31-16-8-6-5-7-15(16)28-22(30)14-11-24-27-21(14)26-23(28)35-12-19(29)25-13-9-17(32-2)20(34-4)18(10-13)33-3/h5-10,14,21,24,27H,11-12H2,1-4H3,(H,25,29). The Morgan fingerprint density at radius 1 is 1.09 bits per heavy atom. The minimum Gasteiger partial charge on any atom is -0.495 e. The molecule has 2 aromatic rings. The van der Waals surface area contributed by atoms with Crippen LogP contribution in [0.4, 0.5) is 11.4 Å². The third-order valence-electron chi connectivity index (χ3n) is 5.54. The summed E-state index contributed by atoms with van der Waals surface area (Å²) in [7, 11) is 6.06. The number of nitrogens with zero attached hydrogens (tertiary/aromatic N) is 2. The van der Waals surface area contributed by atoms with Gasteiger partial charge in [0.25, 0.3) is 0 Å². The highest BCUT2D eigenvalue weighted by atomic mass is 32.2. The maximum Gasteiger partial charge on any atom is 0.241 e. The number of methoxy groups -OCH3 is 4. The Kier molecular flexibility index (Phi) is 7.63. The van der Waals surface area contributed by atoms with Gasteiger partial charge in [0.15, 0.2) is 16.7 Å². The van der Waals surface area contributed by atoms with Crippen LogP contribution in [0.1, 0.15) is 0 Å². The van der Waals surface area contributed by atoms with E-state index in [1.165, 1.54) is 26.2 Å². The van der Waals surface area contributed by atoms with Crippen LogP contribution in [0.2, 0.25) is 0 Å². The van der Waals surface area contributed by atoms with E-state index < -0.39 is 6.17 Å². The van der Waals surface area contributed by atoms with Crippen LogP contribution in [0.15, 0.2) is 41.4 Å². The molecule has 12 heteroatoms. The number of para-hydroxylation sites is 2. The number of thioether (sulfide) groups is 1. The van der Waals surface area contributed by atoms with Crippen LogP contribution in [-0.4, -0.2) is 63.9 Å². The maximum atomic E-state index is 13.4. The first kappa shape index (κ1) is 24.6.